The third-order valence-corrected chi connectivity index (χ3v) is 7.25. The molecule has 0 aliphatic carbocycles. The lowest BCUT2D eigenvalue weighted by Crippen LogP contribution is -2.48. The molecule has 3 aromatic rings. The first-order valence-electron chi connectivity index (χ1n) is 9.68. The van der Waals surface area contributed by atoms with E-state index in [2.05, 4.69) is 35.3 Å². The highest BCUT2D eigenvalue weighted by atomic mass is 32.1. The first-order valence-corrected chi connectivity index (χ1v) is 10.5. The van der Waals surface area contributed by atoms with Crippen LogP contribution in [0.15, 0.2) is 47.2 Å². The van der Waals surface area contributed by atoms with Gasteiger partial charge < -0.3 is 14.1 Å². The number of hydrogen-bond acceptors (Lipinski definition) is 5. The predicted octanol–water partition coefficient (Wildman–Crippen LogP) is 4.42. The Balaban J connectivity index is 1.39. The number of benzene rings is 1. The molecule has 1 aromatic carbocycles. The van der Waals surface area contributed by atoms with Crippen LogP contribution in [0, 0.1) is 6.92 Å². The van der Waals surface area contributed by atoms with Crippen molar-refractivity contribution >= 4 is 17.2 Å². The SMILES string of the molecule is Cc1ocnc1C(=O)N1CCC2(CC1)OCCc1cc(-c3ccccc3)sc12. The number of aryl methyl sites for hydroxylation is 1. The summed E-state index contributed by atoms with van der Waals surface area (Å²) in [4.78, 5) is 21.4. The Hall–Kier alpha value is -2.44. The second kappa shape index (κ2) is 6.87. The molecule has 0 radical (unpaired) electrons. The number of piperidine rings is 1. The third-order valence-electron chi connectivity index (χ3n) is 5.84. The average Bonchev–Trinajstić information content (AvgIpc) is 3.36. The van der Waals surface area contributed by atoms with E-state index in [1.807, 2.05) is 22.3 Å². The van der Waals surface area contributed by atoms with Gasteiger partial charge >= 0.3 is 0 Å². The summed E-state index contributed by atoms with van der Waals surface area (Å²) in [5.74, 6) is 0.528. The summed E-state index contributed by atoms with van der Waals surface area (Å²) in [6.07, 6.45) is 3.93. The Morgan fingerprint density at radius 1 is 1.21 bits per heavy atom. The summed E-state index contributed by atoms with van der Waals surface area (Å²) in [7, 11) is 0. The Kier molecular flexibility index (Phi) is 4.33. The highest BCUT2D eigenvalue weighted by Crippen LogP contribution is 2.47. The Bertz CT molecular complexity index is 1000. The number of oxazole rings is 1. The summed E-state index contributed by atoms with van der Waals surface area (Å²) in [6.45, 7) is 3.86. The van der Waals surface area contributed by atoms with Gasteiger partial charge in [-0.1, -0.05) is 30.3 Å². The van der Waals surface area contributed by atoms with Gasteiger partial charge in [0.25, 0.3) is 5.91 Å². The van der Waals surface area contributed by atoms with Gasteiger partial charge in [-0.3, -0.25) is 4.79 Å². The standard InChI is InChI=1S/C22H22N2O3S/c1-15-19(23-14-26-15)21(25)24-10-8-22(9-11-24)20-17(7-12-27-22)13-18(28-20)16-5-3-2-4-6-16/h2-6,13-14H,7-12H2,1H3. The summed E-state index contributed by atoms with van der Waals surface area (Å²) < 4.78 is 11.6. The van der Waals surface area contributed by atoms with Crippen molar-refractivity contribution in [2.75, 3.05) is 19.7 Å². The average molecular weight is 394 g/mol. The van der Waals surface area contributed by atoms with Crippen LogP contribution >= 0.6 is 11.3 Å². The van der Waals surface area contributed by atoms with Crippen molar-refractivity contribution in [3.05, 3.63) is 64.7 Å². The zero-order valence-corrected chi connectivity index (χ0v) is 16.6. The topological polar surface area (TPSA) is 55.6 Å². The normalized spacial score (nSPS) is 18.2. The van der Waals surface area contributed by atoms with Crippen molar-refractivity contribution in [3.63, 3.8) is 0 Å². The zero-order chi connectivity index (χ0) is 19.1. The number of thiophene rings is 1. The molecule has 144 valence electrons. The fourth-order valence-corrected chi connectivity index (χ4v) is 5.69. The van der Waals surface area contributed by atoms with Crippen molar-refractivity contribution < 1.29 is 13.9 Å². The molecule has 2 aliphatic rings. The lowest BCUT2D eigenvalue weighted by molar-refractivity contribution is -0.0906. The molecule has 6 heteroatoms. The Morgan fingerprint density at radius 3 is 2.71 bits per heavy atom. The van der Waals surface area contributed by atoms with Gasteiger partial charge in [0.2, 0.25) is 0 Å². The van der Waals surface area contributed by atoms with E-state index in [0.29, 0.717) is 24.5 Å². The summed E-state index contributed by atoms with van der Waals surface area (Å²) in [6, 6.07) is 12.9. The van der Waals surface area contributed by atoms with E-state index in [4.69, 9.17) is 9.15 Å². The number of carbonyl (C=O) groups excluding carboxylic acids is 1. The smallest absolute Gasteiger partial charge is 0.276 e. The number of nitrogens with zero attached hydrogens (tertiary/aromatic N) is 2. The van der Waals surface area contributed by atoms with Crippen LogP contribution < -0.4 is 0 Å². The first-order chi connectivity index (χ1) is 13.7. The Morgan fingerprint density at radius 2 is 2.00 bits per heavy atom. The Labute approximate surface area is 168 Å². The van der Waals surface area contributed by atoms with Gasteiger partial charge in [0.15, 0.2) is 12.1 Å². The fraction of sp³-hybridized carbons (Fsp3) is 0.364. The molecular weight excluding hydrogens is 372 g/mol. The highest BCUT2D eigenvalue weighted by Gasteiger charge is 2.43. The molecule has 5 rings (SSSR count). The lowest BCUT2D eigenvalue weighted by Gasteiger charge is -2.43. The molecule has 0 unspecified atom stereocenters. The second-order valence-corrected chi connectivity index (χ2v) is 8.53. The van der Waals surface area contributed by atoms with Crippen LogP contribution in [0.5, 0.6) is 0 Å². The van der Waals surface area contributed by atoms with Gasteiger partial charge in [-0.25, -0.2) is 4.98 Å². The van der Waals surface area contributed by atoms with Gasteiger partial charge in [0.1, 0.15) is 11.4 Å². The molecule has 4 heterocycles. The van der Waals surface area contributed by atoms with Crippen molar-refractivity contribution in [1.82, 2.24) is 9.88 Å². The number of hydrogen-bond donors (Lipinski definition) is 0. The monoisotopic (exact) mass is 394 g/mol. The lowest BCUT2D eigenvalue weighted by atomic mass is 9.85. The van der Waals surface area contributed by atoms with E-state index in [-0.39, 0.29) is 11.5 Å². The van der Waals surface area contributed by atoms with Crippen LogP contribution in [-0.2, 0) is 16.8 Å². The molecule has 0 bridgehead atoms. The molecule has 28 heavy (non-hydrogen) atoms. The zero-order valence-electron chi connectivity index (χ0n) is 15.8. The number of aromatic nitrogens is 1. The van der Waals surface area contributed by atoms with Crippen molar-refractivity contribution in [2.24, 2.45) is 0 Å². The summed E-state index contributed by atoms with van der Waals surface area (Å²) in [5, 5.41) is 0. The van der Waals surface area contributed by atoms with E-state index < -0.39 is 0 Å². The number of amides is 1. The van der Waals surface area contributed by atoms with Gasteiger partial charge in [-0.15, -0.1) is 11.3 Å². The van der Waals surface area contributed by atoms with Gasteiger partial charge in [0, 0.05) is 22.8 Å². The number of rotatable bonds is 2. The molecule has 1 fully saturated rings. The molecule has 0 N–H and O–H groups in total. The molecule has 1 amide bonds. The highest BCUT2D eigenvalue weighted by molar-refractivity contribution is 7.15. The quantitative estimate of drug-likeness (QED) is 0.646. The largest absolute Gasteiger partial charge is 0.448 e. The van der Waals surface area contributed by atoms with Gasteiger partial charge in [0.05, 0.1) is 6.61 Å². The minimum Gasteiger partial charge on any atom is -0.448 e. The van der Waals surface area contributed by atoms with Crippen LogP contribution in [0.2, 0.25) is 0 Å². The van der Waals surface area contributed by atoms with Gasteiger partial charge in [-0.2, -0.15) is 0 Å². The molecule has 0 saturated carbocycles. The minimum absolute atomic E-state index is 0.0479. The summed E-state index contributed by atoms with van der Waals surface area (Å²) >= 11 is 1.85. The molecule has 0 atom stereocenters. The van der Waals surface area contributed by atoms with Crippen LogP contribution in [0.1, 0.15) is 39.5 Å². The van der Waals surface area contributed by atoms with Crippen LogP contribution in [0.3, 0.4) is 0 Å². The van der Waals surface area contributed by atoms with Crippen molar-refractivity contribution in [3.8, 4) is 10.4 Å². The summed E-state index contributed by atoms with van der Waals surface area (Å²) in [5.41, 5.74) is 2.82. The van der Waals surface area contributed by atoms with E-state index in [1.165, 1.54) is 27.3 Å². The minimum atomic E-state index is -0.263. The number of ether oxygens (including phenoxy) is 1. The van der Waals surface area contributed by atoms with Crippen molar-refractivity contribution in [1.29, 1.82) is 0 Å². The third kappa shape index (κ3) is 2.88. The molecule has 1 saturated heterocycles. The maximum atomic E-state index is 12.8. The second-order valence-electron chi connectivity index (χ2n) is 7.47. The number of fused-ring (bicyclic) bond motifs is 2. The first kappa shape index (κ1) is 17.6. The van der Waals surface area contributed by atoms with E-state index >= 15 is 0 Å². The van der Waals surface area contributed by atoms with Crippen molar-refractivity contribution in [2.45, 2.75) is 31.8 Å². The molecular formula is C22H22N2O3S. The van der Waals surface area contributed by atoms with Crippen LogP contribution in [0.25, 0.3) is 10.4 Å². The number of likely N-dealkylation sites (tertiary alicyclic amines) is 1. The van der Waals surface area contributed by atoms with Crippen LogP contribution in [-0.4, -0.2) is 35.5 Å². The molecule has 5 nitrogen and oxygen atoms in total. The van der Waals surface area contributed by atoms with Gasteiger partial charge in [-0.05, 0) is 43.4 Å². The maximum absolute atomic E-state index is 12.8. The molecule has 2 aliphatic heterocycles. The fourth-order valence-electron chi connectivity index (χ4n) is 4.27. The van der Waals surface area contributed by atoms with E-state index in [0.717, 1.165) is 25.9 Å². The van der Waals surface area contributed by atoms with Crippen LogP contribution in [0.4, 0.5) is 0 Å². The maximum Gasteiger partial charge on any atom is 0.276 e. The molecule has 2 aromatic heterocycles. The predicted molar refractivity (Wildman–Crippen MR) is 107 cm³/mol. The van der Waals surface area contributed by atoms with E-state index in [9.17, 15) is 4.79 Å². The van der Waals surface area contributed by atoms with E-state index in [1.54, 1.807) is 6.92 Å². The molecule has 1 spiro atoms. The number of carbonyl (C=O) groups is 1.